The summed E-state index contributed by atoms with van der Waals surface area (Å²) in [6.45, 7) is 4.32. The predicted molar refractivity (Wildman–Crippen MR) is 74.6 cm³/mol. The van der Waals surface area contributed by atoms with E-state index in [0.29, 0.717) is 18.1 Å². The molecule has 0 aliphatic rings. The molecule has 1 atom stereocenters. The van der Waals surface area contributed by atoms with Gasteiger partial charge in [0.25, 0.3) is 0 Å². The molecule has 2 aromatic heterocycles. The lowest BCUT2D eigenvalue weighted by Crippen LogP contribution is -2.19. The van der Waals surface area contributed by atoms with Crippen LogP contribution >= 0.6 is 11.3 Å². The molecule has 0 amide bonds. The highest BCUT2D eigenvalue weighted by atomic mass is 32.1. The number of nitrogens with one attached hydrogen (secondary N) is 1. The molecule has 4 nitrogen and oxygen atoms in total. The summed E-state index contributed by atoms with van der Waals surface area (Å²) >= 11 is 1.72. The zero-order valence-electron chi connectivity index (χ0n) is 11.0. The minimum absolute atomic E-state index is 0.237. The molecular weight excluding hydrogens is 262 g/mol. The topological polar surface area (TPSA) is 62.5 Å². The smallest absolute Gasteiger partial charge is 0.339 e. The summed E-state index contributed by atoms with van der Waals surface area (Å²) in [6, 6.07) is 6.00. The number of thiophene rings is 1. The molecule has 19 heavy (non-hydrogen) atoms. The SMILES string of the molecule is CCC(NCc1cc(C(=O)O)c(C)o1)c1cccs1. The van der Waals surface area contributed by atoms with Crippen LogP contribution in [-0.2, 0) is 6.54 Å². The second-order valence-electron chi connectivity index (χ2n) is 4.34. The van der Waals surface area contributed by atoms with Gasteiger partial charge in [-0.1, -0.05) is 13.0 Å². The third-order valence-electron chi connectivity index (χ3n) is 3.02. The Hall–Kier alpha value is -1.59. The number of hydrogen-bond donors (Lipinski definition) is 2. The van der Waals surface area contributed by atoms with Crippen molar-refractivity contribution < 1.29 is 14.3 Å². The van der Waals surface area contributed by atoms with Gasteiger partial charge in [-0.2, -0.15) is 0 Å². The Morgan fingerprint density at radius 1 is 1.58 bits per heavy atom. The van der Waals surface area contributed by atoms with Gasteiger partial charge in [0.2, 0.25) is 0 Å². The Labute approximate surface area is 116 Å². The van der Waals surface area contributed by atoms with Gasteiger partial charge in [-0.3, -0.25) is 0 Å². The largest absolute Gasteiger partial charge is 0.478 e. The van der Waals surface area contributed by atoms with Gasteiger partial charge in [0.1, 0.15) is 17.1 Å². The van der Waals surface area contributed by atoms with Crippen LogP contribution in [0, 0.1) is 6.92 Å². The molecule has 0 aromatic carbocycles. The number of rotatable bonds is 6. The summed E-state index contributed by atoms with van der Waals surface area (Å²) in [5, 5.41) is 14.4. The summed E-state index contributed by atoms with van der Waals surface area (Å²) in [5.74, 6) is 0.163. The van der Waals surface area contributed by atoms with Crippen molar-refractivity contribution >= 4 is 17.3 Å². The molecule has 0 saturated heterocycles. The maximum Gasteiger partial charge on any atom is 0.339 e. The molecule has 0 aliphatic carbocycles. The van der Waals surface area contributed by atoms with Crippen molar-refractivity contribution in [2.75, 3.05) is 0 Å². The summed E-state index contributed by atoms with van der Waals surface area (Å²) in [6.07, 6.45) is 0.978. The maximum absolute atomic E-state index is 10.9. The lowest BCUT2D eigenvalue weighted by atomic mass is 10.2. The Kier molecular flexibility index (Phi) is 4.39. The highest BCUT2D eigenvalue weighted by Crippen LogP contribution is 2.22. The van der Waals surface area contributed by atoms with Crippen LogP contribution in [0.15, 0.2) is 28.0 Å². The van der Waals surface area contributed by atoms with E-state index in [0.717, 1.165) is 6.42 Å². The zero-order valence-corrected chi connectivity index (χ0v) is 11.8. The molecule has 0 bridgehead atoms. The number of carboxylic acid groups (broad SMARTS) is 1. The molecular formula is C14H17NO3S. The van der Waals surface area contributed by atoms with Gasteiger partial charge in [0, 0.05) is 10.9 Å². The van der Waals surface area contributed by atoms with E-state index in [9.17, 15) is 4.79 Å². The van der Waals surface area contributed by atoms with Crippen molar-refractivity contribution in [3.8, 4) is 0 Å². The standard InChI is InChI=1S/C14H17NO3S/c1-3-12(13-5-4-6-19-13)15-8-10-7-11(14(16)17)9(2)18-10/h4-7,12,15H,3,8H2,1-2H3,(H,16,17). The second kappa shape index (κ2) is 6.04. The molecule has 2 heterocycles. The van der Waals surface area contributed by atoms with Crippen LogP contribution < -0.4 is 5.32 Å². The minimum Gasteiger partial charge on any atom is -0.478 e. The molecule has 102 valence electrons. The van der Waals surface area contributed by atoms with Gasteiger partial charge in [0.15, 0.2) is 0 Å². The summed E-state index contributed by atoms with van der Waals surface area (Å²) < 4.78 is 5.45. The minimum atomic E-state index is -0.946. The Morgan fingerprint density at radius 2 is 2.37 bits per heavy atom. The van der Waals surface area contributed by atoms with Crippen LogP contribution in [0.4, 0.5) is 0 Å². The van der Waals surface area contributed by atoms with Gasteiger partial charge in [-0.25, -0.2) is 4.79 Å². The summed E-state index contributed by atoms with van der Waals surface area (Å²) in [4.78, 5) is 12.2. The first-order valence-corrected chi connectivity index (χ1v) is 7.09. The van der Waals surface area contributed by atoms with Crippen molar-refractivity contribution in [1.29, 1.82) is 0 Å². The van der Waals surface area contributed by atoms with E-state index in [1.54, 1.807) is 24.3 Å². The molecule has 5 heteroatoms. The van der Waals surface area contributed by atoms with E-state index in [2.05, 4.69) is 23.7 Å². The molecule has 0 radical (unpaired) electrons. The van der Waals surface area contributed by atoms with Gasteiger partial charge in [-0.15, -0.1) is 11.3 Å². The molecule has 0 spiro atoms. The quantitative estimate of drug-likeness (QED) is 0.848. The number of hydrogen-bond acceptors (Lipinski definition) is 4. The highest BCUT2D eigenvalue weighted by molar-refractivity contribution is 7.10. The first-order chi connectivity index (χ1) is 9.11. The lowest BCUT2D eigenvalue weighted by molar-refractivity contribution is 0.0695. The van der Waals surface area contributed by atoms with Crippen LogP contribution in [0.5, 0.6) is 0 Å². The van der Waals surface area contributed by atoms with Gasteiger partial charge < -0.3 is 14.8 Å². The number of carbonyl (C=O) groups is 1. The van der Waals surface area contributed by atoms with Crippen LogP contribution in [-0.4, -0.2) is 11.1 Å². The molecule has 0 aliphatic heterocycles. The zero-order chi connectivity index (χ0) is 13.8. The molecule has 2 aromatic rings. The molecule has 2 rings (SSSR count). The summed E-state index contributed by atoms with van der Waals surface area (Å²) in [7, 11) is 0. The average Bonchev–Trinajstić information content (AvgIpc) is 3.00. The fourth-order valence-corrected chi connectivity index (χ4v) is 2.89. The van der Waals surface area contributed by atoms with Gasteiger partial charge in [-0.05, 0) is 30.9 Å². The van der Waals surface area contributed by atoms with Crippen LogP contribution in [0.3, 0.4) is 0 Å². The van der Waals surface area contributed by atoms with Crippen molar-refractivity contribution in [2.24, 2.45) is 0 Å². The number of aromatic carboxylic acids is 1. The maximum atomic E-state index is 10.9. The second-order valence-corrected chi connectivity index (χ2v) is 5.32. The number of furan rings is 1. The van der Waals surface area contributed by atoms with E-state index >= 15 is 0 Å². The fraction of sp³-hybridized carbons (Fsp3) is 0.357. The lowest BCUT2D eigenvalue weighted by Gasteiger charge is -2.14. The van der Waals surface area contributed by atoms with Crippen molar-refractivity contribution in [3.63, 3.8) is 0 Å². The number of aryl methyl sites for hydroxylation is 1. The van der Waals surface area contributed by atoms with Crippen LogP contribution in [0.2, 0.25) is 0 Å². The van der Waals surface area contributed by atoms with Crippen molar-refractivity contribution in [1.82, 2.24) is 5.32 Å². The van der Waals surface area contributed by atoms with Crippen molar-refractivity contribution in [3.05, 3.63) is 45.5 Å². The molecule has 1 unspecified atom stereocenters. The Bertz CT molecular complexity index is 545. The number of carboxylic acids is 1. The van der Waals surface area contributed by atoms with Gasteiger partial charge >= 0.3 is 5.97 Å². The third-order valence-corrected chi connectivity index (χ3v) is 4.00. The van der Waals surface area contributed by atoms with E-state index in [1.807, 2.05) is 6.07 Å². The Morgan fingerprint density at radius 3 is 2.89 bits per heavy atom. The van der Waals surface area contributed by atoms with E-state index in [-0.39, 0.29) is 11.6 Å². The summed E-state index contributed by atoms with van der Waals surface area (Å²) in [5.41, 5.74) is 0.237. The van der Waals surface area contributed by atoms with Crippen molar-refractivity contribution in [2.45, 2.75) is 32.9 Å². The average molecular weight is 279 g/mol. The normalized spacial score (nSPS) is 12.5. The fourth-order valence-electron chi connectivity index (χ4n) is 2.00. The first-order valence-electron chi connectivity index (χ1n) is 6.21. The Balaban J connectivity index is 2.02. The third kappa shape index (κ3) is 3.24. The highest BCUT2D eigenvalue weighted by Gasteiger charge is 2.15. The van der Waals surface area contributed by atoms with E-state index in [1.165, 1.54) is 4.88 Å². The predicted octanol–water partition coefficient (Wildman–Crippen LogP) is 3.59. The first kappa shape index (κ1) is 13.8. The van der Waals surface area contributed by atoms with E-state index in [4.69, 9.17) is 9.52 Å². The van der Waals surface area contributed by atoms with Crippen LogP contribution in [0.1, 0.15) is 46.1 Å². The molecule has 2 N–H and O–H groups in total. The van der Waals surface area contributed by atoms with Gasteiger partial charge in [0.05, 0.1) is 6.54 Å². The monoisotopic (exact) mass is 279 g/mol. The van der Waals surface area contributed by atoms with Crippen LogP contribution in [0.25, 0.3) is 0 Å². The van der Waals surface area contributed by atoms with E-state index < -0.39 is 5.97 Å². The molecule has 0 fully saturated rings. The molecule has 0 saturated carbocycles.